The zero-order valence-electron chi connectivity index (χ0n) is 23.3. The second-order valence-corrected chi connectivity index (χ2v) is 11.1. The Hall–Kier alpha value is -4.30. The van der Waals surface area contributed by atoms with Crippen molar-refractivity contribution in [3.63, 3.8) is 0 Å². The average Bonchev–Trinajstić information content (AvgIpc) is 3.47. The number of pyridine rings is 1. The molecule has 0 atom stereocenters. The number of benzene rings is 4. The zero-order valence-corrected chi connectivity index (χ0v) is 25.5. The molecule has 0 amide bonds. The van der Waals surface area contributed by atoms with Crippen molar-refractivity contribution in [1.29, 1.82) is 0 Å². The number of nitrogens with zero attached hydrogens (tertiary/aromatic N) is 4. The van der Waals surface area contributed by atoms with Gasteiger partial charge in [0.15, 0.2) is 7.05 Å². The van der Waals surface area contributed by atoms with Crippen LogP contribution in [-0.2, 0) is 26.5 Å². The Kier molecular flexibility index (Phi) is 6.74. The van der Waals surface area contributed by atoms with Crippen molar-refractivity contribution in [2.45, 2.75) is 26.2 Å². The van der Waals surface area contributed by atoms with Gasteiger partial charge in [0.1, 0.15) is 11.5 Å². The third-order valence-corrected chi connectivity index (χ3v) is 7.33. The van der Waals surface area contributed by atoms with Crippen molar-refractivity contribution >= 4 is 44.9 Å². The van der Waals surface area contributed by atoms with Crippen LogP contribution >= 0.6 is 0 Å². The number of ether oxygens (including phenoxy) is 1. The smallest absolute Gasteiger partial charge is 0.509 e. The topological polar surface area (TPSA) is 33.1 Å². The van der Waals surface area contributed by atoms with Crippen LogP contribution in [0.2, 0.25) is 0 Å². The van der Waals surface area contributed by atoms with Gasteiger partial charge >= 0.3 is 27.1 Å². The first-order chi connectivity index (χ1) is 19.4. The summed E-state index contributed by atoms with van der Waals surface area (Å²) in [5, 5.41) is 2.25. The van der Waals surface area contributed by atoms with E-state index in [1.165, 1.54) is 0 Å². The molecule has 4 aromatic carbocycles. The van der Waals surface area contributed by atoms with Gasteiger partial charge < -0.3 is 9.30 Å². The summed E-state index contributed by atoms with van der Waals surface area (Å²) >= 11 is 0. The molecule has 0 saturated carbocycles. The number of hydrogen-bond acceptors (Lipinski definition) is 2. The summed E-state index contributed by atoms with van der Waals surface area (Å²) in [5.41, 5.74) is 6.09. The summed E-state index contributed by atoms with van der Waals surface area (Å²) in [6.07, 6.45) is 1.81. The molecule has 0 N–H and O–H groups in total. The van der Waals surface area contributed by atoms with Crippen LogP contribution in [0.25, 0.3) is 27.6 Å². The standard InChI is InChI=1S/C35H28N4O.Pt/c1-35(2,3)24-19-25(38-23-37(4)31-13-7-8-14-32(31)38)21-27(20-24)40-26-16-17-29-28-11-5-6-12-30(28)39(33(29)22-26)34-15-9-10-18-36-34;/h5-20H,1-4H3;/q;+2. The van der Waals surface area contributed by atoms with E-state index in [1.807, 2.05) is 58.8 Å². The molecule has 6 aromatic rings. The molecule has 6 heteroatoms. The summed E-state index contributed by atoms with van der Waals surface area (Å²) in [5.74, 6) is 2.09. The van der Waals surface area contributed by atoms with Crippen molar-refractivity contribution < 1.29 is 30.4 Å². The van der Waals surface area contributed by atoms with Crippen LogP contribution < -0.4 is 9.31 Å². The minimum absolute atomic E-state index is 0. The first-order valence-corrected chi connectivity index (χ1v) is 13.4. The molecule has 2 aromatic heterocycles. The molecular formula is C35H28N4OPt+2. The van der Waals surface area contributed by atoms with Gasteiger partial charge in [-0.1, -0.05) is 84.0 Å². The number of para-hydroxylation sites is 3. The molecule has 0 saturated heterocycles. The number of rotatable bonds is 4. The monoisotopic (exact) mass is 715 g/mol. The van der Waals surface area contributed by atoms with Gasteiger partial charge in [0.2, 0.25) is 0 Å². The van der Waals surface area contributed by atoms with Gasteiger partial charge in [-0.05, 0) is 29.0 Å². The average molecular weight is 716 g/mol. The Morgan fingerprint density at radius 1 is 0.805 bits per heavy atom. The van der Waals surface area contributed by atoms with Gasteiger partial charge in [-0.25, -0.2) is 4.98 Å². The molecule has 0 fully saturated rings. The summed E-state index contributed by atoms with van der Waals surface area (Å²) in [7, 11) is 2.01. The molecular weight excluding hydrogens is 687 g/mol. The van der Waals surface area contributed by atoms with Crippen LogP contribution in [-0.4, -0.2) is 27.2 Å². The van der Waals surface area contributed by atoms with Crippen LogP contribution in [0.5, 0.6) is 11.5 Å². The molecule has 5 nitrogen and oxygen atoms in total. The van der Waals surface area contributed by atoms with Crippen molar-refractivity contribution in [2.24, 2.45) is 0 Å². The van der Waals surface area contributed by atoms with E-state index in [0.29, 0.717) is 11.5 Å². The van der Waals surface area contributed by atoms with Gasteiger partial charge in [0.25, 0.3) is 11.4 Å². The molecule has 0 aliphatic carbocycles. The molecule has 0 unspecified atom stereocenters. The first kappa shape index (κ1) is 26.9. The summed E-state index contributed by atoms with van der Waals surface area (Å²) in [6.45, 7) is 6.62. The van der Waals surface area contributed by atoms with Gasteiger partial charge in [-0.2, -0.15) is 6.07 Å². The van der Waals surface area contributed by atoms with Crippen molar-refractivity contribution in [3.05, 3.63) is 115 Å². The molecule has 0 bridgehead atoms. The van der Waals surface area contributed by atoms with Crippen LogP contribution in [0.15, 0.2) is 97.2 Å². The fraction of sp³-hybridized carbons (Fsp3) is 0.143. The van der Waals surface area contributed by atoms with Gasteiger partial charge in [-0.15, -0.1) is 29.1 Å². The fourth-order valence-corrected chi connectivity index (χ4v) is 5.29. The number of fused-ring (bicyclic) bond motifs is 4. The Morgan fingerprint density at radius 2 is 1.56 bits per heavy atom. The van der Waals surface area contributed by atoms with Crippen molar-refractivity contribution in [2.75, 3.05) is 7.05 Å². The molecule has 7 rings (SSSR count). The maximum absolute atomic E-state index is 6.51. The third-order valence-electron chi connectivity index (χ3n) is 7.33. The minimum atomic E-state index is -0.0911. The van der Waals surface area contributed by atoms with E-state index in [-0.39, 0.29) is 26.5 Å². The largest absolute Gasteiger partial charge is 2.00 e. The molecule has 1 aliphatic rings. The molecule has 0 spiro atoms. The first-order valence-electron chi connectivity index (χ1n) is 13.4. The Labute approximate surface area is 254 Å². The Morgan fingerprint density at radius 3 is 2.34 bits per heavy atom. The maximum Gasteiger partial charge on any atom is 2.00 e. The van der Waals surface area contributed by atoms with E-state index in [4.69, 9.17) is 4.74 Å². The van der Waals surface area contributed by atoms with Crippen LogP contribution in [0.4, 0.5) is 17.1 Å². The number of hydrogen-bond donors (Lipinski definition) is 0. The van der Waals surface area contributed by atoms with E-state index in [9.17, 15) is 0 Å². The molecule has 0 radical (unpaired) electrons. The summed E-state index contributed by atoms with van der Waals surface area (Å²) in [4.78, 5) is 4.63. The second-order valence-electron chi connectivity index (χ2n) is 11.1. The van der Waals surface area contributed by atoms with E-state index >= 15 is 0 Å². The van der Waals surface area contributed by atoms with Crippen molar-refractivity contribution in [1.82, 2.24) is 14.1 Å². The predicted molar refractivity (Wildman–Crippen MR) is 160 cm³/mol. The molecule has 1 aliphatic heterocycles. The van der Waals surface area contributed by atoms with Gasteiger partial charge in [0, 0.05) is 35.3 Å². The quantitative estimate of drug-likeness (QED) is 0.136. The normalized spacial score (nSPS) is 12.6. The van der Waals surface area contributed by atoms with E-state index < -0.39 is 0 Å². The molecule has 202 valence electrons. The Bertz CT molecular complexity index is 2010. The SMILES string of the molecule is C[N+]1=C=[N+](c2[c-]c(Oc3[c-]c4c(cc3)c3ccccc3n4-c3ccccn3)cc(C(C)(C)C)c2)c2ccccc21.[Pt+2]. The summed E-state index contributed by atoms with van der Waals surface area (Å²) in [6, 6.07) is 41.4. The van der Waals surface area contributed by atoms with Crippen LogP contribution in [0, 0.1) is 12.1 Å². The second kappa shape index (κ2) is 10.3. The molecule has 41 heavy (non-hydrogen) atoms. The maximum atomic E-state index is 6.51. The van der Waals surface area contributed by atoms with Gasteiger partial charge in [0.05, 0.1) is 0 Å². The predicted octanol–water partition coefficient (Wildman–Crippen LogP) is 8.16. The van der Waals surface area contributed by atoms with Crippen molar-refractivity contribution in [3.8, 4) is 17.3 Å². The van der Waals surface area contributed by atoms with Crippen LogP contribution in [0.3, 0.4) is 0 Å². The van der Waals surface area contributed by atoms with Gasteiger partial charge in [-0.3, -0.25) is 0 Å². The van der Waals surface area contributed by atoms with Crippen LogP contribution in [0.1, 0.15) is 26.3 Å². The van der Waals surface area contributed by atoms with E-state index in [0.717, 1.165) is 50.2 Å². The Balaban J connectivity index is 0.00000302. The van der Waals surface area contributed by atoms with E-state index in [1.54, 1.807) is 0 Å². The third kappa shape index (κ3) is 4.72. The van der Waals surface area contributed by atoms with E-state index in [2.05, 4.69) is 103 Å². The molecule has 3 heterocycles. The zero-order chi connectivity index (χ0) is 27.4. The summed E-state index contributed by atoms with van der Waals surface area (Å²) < 4.78 is 12.7. The number of aromatic nitrogens is 2. The minimum Gasteiger partial charge on any atom is -0.509 e. The fourth-order valence-electron chi connectivity index (χ4n) is 5.29.